The van der Waals surface area contributed by atoms with Gasteiger partial charge in [-0.3, -0.25) is 0 Å². The molecule has 10 heteroatoms. The van der Waals surface area contributed by atoms with Crippen molar-refractivity contribution in [2.24, 2.45) is 0 Å². The van der Waals surface area contributed by atoms with Gasteiger partial charge in [-0.05, 0) is 38.1 Å². The fourth-order valence-corrected chi connectivity index (χ4v) is 4.93. The van der Waals surface area contributed by atoms with E-state index >= 15 is 0 Å². The number of halogens is 1. The Labute approximate surface area is 173 Å². The van der Waals surface area contributed by atoms with Crippen LogP contribution in [0.4, 0.5) is 17.5 Å². The smallest absolute Gasteiger partial charge is 0.250 e. The maximum Gasteiger partial charge on any atom is 0.250 e. The zero-order valence-corrected chi connectivity index (χ0v) is 17.7. The van der Waals surface area contributed by atoms with Crippen LogP contribution in [-0.4, -0.2) is 31.5 Å². The van der Waals surface area contributed by atoms with Gasteiger partial charge in [-0.25, -0.2) is 18.1 Å². The third-order valence-corrected chi connectivity index (χ3v) is 6.88. The summed E-state index contributed by atoms with van der Waals surface area (Å²) in [4.78, 5) is 8.75. The van der Waals surface area contributed by atoms with E-state index < -0.39 is 10.0 Å². The van der Waals surface area contributed by atoms with Gasteiger partial charge in [0, 0.05) is 30.5 Å². The fraction of sp³-hybridized carbons (Fsp3) is 0.222. The van der Waals surface area contributed by atoms with Crippen LogP contribution in [0.5, 0.6) is 0 Å². The Morgan fingerprint density at radius 1 is 1.04 bits per heavy atom. The topological polar surface area (TPSA) is 96.0 Å². The number of anilines is 3. The van der Waals surface area contributed by atoms with Crippen molar-refractivity contribution >= 4 is 50.4 Å². The molecule has 0 atom stereocenters. The summed E-state index contributed by atoms with van der Waals surface area (Å²) in [7, 11) is -3.56. The van der Waals surface area contributed by atoms with Crippen LogP contribution in [0.2, 0.25) is 4.34 Å². The van der Waals surface area contributed by atoms with Gasteiger partial charge in [0.1, 0.15) is 10.0 Å². The van der Waals surface area contributed by atoms with E-state index in [4.69, 9.17) is 11.6 Å². The van der Waals surface area contributed by atoms with E-state index in [9.17, 15) is 8.42 Å². The predicted molar refractivity (Wildman–Crippen MR) is 114 cm³/mol. The normalized spacial score (nSPS) is 11.4. The van der Waals surface area contributed by atoms with Crippen LogP contribution in [-0.2, 0) is 10.0 Å². The summed E-state index contributed by atoms with van der Waals surface area (Å²) < 4.78 is 27.5. The van der Waals surface area contributed by atoms with E-state index in [0.717, 1.165) is 22.7 Å². The van der Waals surface area contributed by atoms with Crippen LogP contribution in [0, 0.1) is 13.8 Å². The predicted octanol–water partition coefficient (Wildman–Crippen LogP) is 3.94. The Kier molecular flexibility index (Phi) is 6.50. The highest BCUT2D eigenvalue weighted by Gasteiger charge is 2.15. The first-order valence-corrected chi connectivity index (χ1v) is 11.2. The van der Waals surface area contributed by atoms with Crippen LogP contribution in [0.15, 0.2) is 46.7 Å². The first kappa shape index (κ1) is 20.5. The molecular weight excluding hydrogens is 418 g/mol. The molecule has 0 fully saturated rings. The number of benzene rings is 1. The van der Waals surface area contributed by atoms with Gasteiger partial charge in [-0.15, -0.1) is 11.3 Å². The summed E-state index contributed by atoms with van der Waals surface area (Å²) in [6.45, 7) is 4.43. The molecule has 0 aliphatic carbocycles. The minimum absolute atomic E-state index is 0.189. The highest BCUT2D eigenvalue weighted by Crippen LogP contribution is 2.25. The van der Waals surface area contributed by atoms with Crippen molar-refractivity contribution in [1.82, 2.24) is 14.7 Å². The molecule has 0 bridgehead atoms. The van der Waals surface area contributed by atoms with Crippen LogP contribution < -0.4 is 15.4 Å². The van der Waals surface area contributed by atoms with Gasteiger partial charge in [-0.1, -0.05) is 29.3 Å². The fourth-order valence-electron chi connectivity index (χ4n) is 2.37. The zero-order valence-electron chi connectivity index (χ0n) is 15.4. The van der Waals surface area contributed by atoms with Crippen LogP contribution in [0.1, 0.15) is 11.3 Å². The standard InChI is InChI=1S/C18H20ClN5O2S2/c1-12-3-5-14(6-4-12)23-16-11-13(2)22-18(24-16)20-9-10-21-28(25,26)17-8-7-15(19)27-17/h3-8,11,21H,9-10H2,1-2H3,(H2,20,22,23,24). The Hall–Kier alpha value is -2.20. The third-order valence-electron chi connectivity index (χ3n) is 3.69. The van der Waals surface area contributed by atoms with E-state index in [2.05, 4.69) is 25.3 Å². The van der Waals surface area contributed by atoms with Gasteiger partial charge in [-0.2, -0.15) is 4.98 Å². The number of thiophene rings is 1. The van der Waals surface area contributed by atoms with Crippen molar-refractivity contribution in [3.63, 3.8) is 0 Å². The lowest BCUT2D eigenvalue weighted by molar-refractivity contribution is 0.585. The number of sulfonamides is 1. The second kappa shape index (κ2) is 8.87. The molecule has 3 N–H and O–H groups in total. The van der Waals surface area contributed by atoms with Crippen LogP contribution >= 0.6 is 22.9 Å². The highest BCUT2D eigenvalue weighted by atomic mass is 35.5. The number of hydrogen-bond acceptors (Lipinski definition) is 7. The molecule has 0 amide bonds. The van der Waals surface area contributed by atoms with Gasteiger partial charge >= 0.3 is 0 Å². The number of hydrogen-bond donors (Lipinski definition) is 3. The lowest BCUT2D eigenvalue weighted by Gasteiger charge is -2.10. The molecule has 2 aromatic heterocycles. The van der Waals surface area contributed by atoms with Crippen molar-refractivity contribution in [1.29, 1.82) is 0 Å². The quantitative estimate of drug-likeness (QED) is 0.462. The first-order valence-electron chi connectivity index (χ1n) is 8.50. The molecule has 148 valence electrons. The molecule has 0 saturated carbocycles. The van der Waals surface area contributed by atoms with Gasteiger partial charge in [0.2, 0.25) is 16.0 Å². The molecule has 7 nitrogen and oxygen atoms in total. The molecule has 0 unspecified atom stereocenters. The van der Waals surface area contributed by atoms with Gasteiger partial charge in [0.25, 0.3) is 0 Å². The van der Waals surface area contributed by atoms with Crippen molar-refractivity contribution in [2.75, 3.05) is 23.7 Å². The summed E-state index contributed by atoms with van der Waals surface area (Å²) >= 11 is 6.81. The number of aryl methyl sites for hydroxylation is 2. The van der Waals surface area contributed by atoms with Crippen molar-refractivity contribution in [3.05, 3.63) is 58.1 Å². The van der Waals surface area contributed by atoms with E-state index in [0.29, 0.717) is 22.6 Å². The van der Waals surface area contributed by atoms with Gasteiger partial charge in [0.05, 0.1) is 4.34 Å². The SMILES string of the molecule is Cc1ccc(Nc2cc(C)nc(NCCNS(=O)(=O)c3ccc(Cl)s3)n2)cc1. The average Bonchev–Trinajstić information content (AvgIpc) is 3.08. The number of aromatic nitrogens is 2. The first-order chi connectivity index (χ1) is 13.3. The molecule has 3 rings (SSSR count). The molecule has 28 heavy (non-hydrogen) atoms. The molecule has 0 aliphatic heterocycles. The van der Waals surface area contributed by atoms with E-state index in [1.165, 1.54) is 11.6 Å². The third kappa shape index (κ3) is 5.65. The highest BCUT2D eigenvalue weighted by molar-refractivity contribution is 7.91. The van der Waals surface area contributed by atoms with Gasteiger partial charge in [0.15, 0.2) is 0 Å². The molecule has 0 spiro atoms. The largest absolute Gasteiger partial charge is 0.353 e. The Morgan fingerprint density at radius 2 is 1.79 bits per heavy atom. The second-order valence-corrected chi connectivity index (χ2v) is 9.80. The van der Waals surface area contributed by atoms with Crippen molar-refractivity contribution in [3.8, 4) is 0 Å². The number of nitrogens with zero attached hydrogens (tertiary/aromatic N) is 2. The summed E-state index contributed by atoms with van der Waals surface area (Å²) in [5, 5.41) is 6.28. The Balaban J connectivity index is 1.57. The minimum Gasteiger partial charge on any atom is -0.353 e. The summed E-state index contributed by atoms with van der Waals surface area (Å²) in [5.74, 6) is 1.08. The summed E-state index contributed by atoms with van der Waals surface area (Å²) in [6.07, 6.45) is 0. The van der Waals surface area contributed by atoms with Gasteiger partial charge < -0.3 is 10.6 Å². The number of nitrogens with one attached hydrogen (secondary N) is 3. The molecule has 2 heterocycles. The maximum absolute atomic E-state index is 12.2. The Morgan fingerprint density at radius 3 is 2.46 bits per heavy atom. The molecular formula is C18H20ClN5O2S2. The monoisotopic (exact) mass is 437 g/mol. The lowest BCUT2D eigenvalue weighted by atomic mass is 10.2. The van der Waals surface area contributed by atoms with E-state index in [-0.39, 0.29) is 10.8 Å². The van der Waals surface area contributed by atoms with Crippen molar-refractivity contribution < 1.29 is 8.42 Å². The molecule has 1 aromatic carbocycles. The zero-order chi connectivity index (χ0) is 20.1. The summed E-state index contributed by atoms with van der Waals surface area (Å²) in [5.41, 5.74) is 2.90. The summed E-state index contributed by atoms with van der Waals surface area (Å²) in [6, 6.07) is 12.9. The molecule has 0 aliphatic rings. The minimum atomic E-state index is -3.56. The average molecular weight is 438 g/mol. The van der Waals surface area contributed by atoms with E-state index in [1.54, 1.807) is 6.07 Å². The number of rotatable bonds is 8. The molecule has 0 radical (unpaired) electrons. The Bertz CT molecular complexity index is 1050. The van der Waals surface area contributed by atoms with Crippen molar-refractivity contribution in [2.45, 2.75) is 18.1 Å². The molecule has 0 saturated heterocycles. The van der Waals surface area contributed by atoms with Crippen LogP contribution in [0.25, 0.3) is 0 Å². The maximum atomic E-state index is 12.2. The second-order valence-electron chi connectivity index (χ2n) is 6.09. The van der Waals surface area contributed by atoms with E-state index in [1.807, 2.05) is 44.2 Å². The molecule has 3 aromatic rings. The lowest BCUT2D eigenvalue weighted by Crippen LogP contribution is -2.28. The van der Waals surface area contributed by atoms with Crippen LogP contribution in [0.3, 0.4) is 0 Å².